The molecule has 1 fully saturated rings. The van der Waals surface area contributed by atoms with Crippen molar-refractivity contribution in [1.82, 2.24) is 9.55 Å². The van der Waals surface area contributed by atoms with Gasteiger partial charge in [-0.3, -0.25) is 4.79 Å². The van der Waals surface area contributed by atoms with Gasteiger partial charge in [0.25, 0.3) is 0 Å². The van der Waals surface area contributed by atoms with Crippen LogP contribution in [0.25, 0.3) is 11.0 Å². The Morgan fingerprint density at radius 2 is 1.69 bits per heavy atom. The molecule has 35 heavy (non-hydrogen) atoms. The molecule has 1 aliphatic heterocycles. The maximum Gasteiger partial charge on any atom is 0.227 e. The lowest BCUT2D eigenvalue weighted by Crippen LogP contribution is -2.24. The van der Waals surface area contributed by atoms with Crippen molar-refractivity contribution in [3.63, 3.8) is 0 Å². The summed E-state index contributed by atoms with van der Waals surface area (Å²) in [4.78, 5) is 19.7. The number of para-hydroxylation sites is 2. The van der Waals surface area contributed by atoms with Gasteiger partial charge in [-0.15, -0.1) is 0 Å². The third-order valence-corrected chi connectivity index (χ3v) is 6.69. The number of hydrogen-bond donors (Lipinski definition) is 0. The monoisotopic (exact) mass is 469 g/mol. The summed E-state index contributed by atoms with van der Waals surface area (Å²) in [6.07, 6.45) is 0.437. The van der Waals surface area contributed by atoms with Crippen molar-refractivity contribution in [1.29, 1.82) is 0 Å². The average molecular weight is 470 g/mol. The second-order valence-corrected chi connectivity index (χ2v) is 9.29. The minimum atomic E-state index is 0.0160. The standard InChI is InChI=1S/C29H31N3O3/c1-20(2)21-8-12-25(13-9-21)35-17-16-31-27-7-5-4-6-26(27)30-29(31)22-18-28(33)32(19-22)23-10-14-24(34-3)15-11-23/h4-15,20,22H,16-19H2,1-3H3. The Labute approximate surface area is 206 Å². The second kappa shape index (κ2) is 9.82. The Morgan fingerprint density at radius 3 is 2.40 bits per heavy atom. The Kier molecular flexibility index (Phi) is 6.45. The summed E-state index contributed by atoms with van der Waals surface area (Å²) in [6, 6.07) is 24.1. The molecule has 0 radical (unpaired) electrons. The molecule has 3 aromatic carbocycles. The van der Waals surface area contributed by atoms with Crippen molar-refractivity contribution in [3.8, 4) is 11.5 Å². The third kappa shape index (κ3) is 4.74. The van der Waals surface area contributed by atoms with Crippen LogP contribution in [0.1, 0.15) is 43.5 Å². The SMILES string of the molecule is COc1ccc(N2CC(c3nc4ccccc4n3CCOc3ccc(C(C)C)cc3)CC2=O)cc1. The molecule has 1 saturated heterocycles. The molecular weight excluding hydrogens is 438 g/mol. The van der Waals surface area contributed by atoms with Crippen LogP contribution in [0, 0.1) is 0 Å². The van der Waals surface area contributed by atoms with E-state index in [1.807, 2.05) is 59.5 Å². The molecule has 1 atom stereocenters. The van der Waals surface area contributed by atoms with Gasteiger partial charge in [-0.25, -0.2) is 4.98 Å². The molecule has 0 saturated carbocycles. The number of methoxy groups -OCH3 is 1. The summed E-state index contributed by atoms with van der Waals surface area (Å²) in [7, 11) is 1.64. The van der Waals surface area contributed by atoms with Crippen LogP contribution in [-0.2, 0) is 11.3 Å². The van der Waals surface area contributed by atoms with Gasteiger partial charge in [0, 0.05) is 24.6 Å². The van der Waals surface area contributed by atoms with Gasteiger partial charge in [0.15, 0.2) is 0 Å². The van der Waals surface area contributed by atoms with Gasteiger partial charge in [-0.05, 0) is 60.0 Å². The van der Waals surface area contributed by atoms with Crippen molar-refractivity contribution in [2.45, 2.75) is 38.6 Å². The molecule has 0 aliphatic carbocycles. The van der Waals surface area contributed by atoms with E-state index in [0.29, 0.717) is 32.0 Å². The summed E-state index contributed by atoms with van der Waals surface area (Å²) in [5, 5.41) is 0. The first-order valence-electron chi connectivity index (χ1n) is 12.2. The van der Waals surface area contributed by atoms with E-state index in [2.05, 4.69) is 36.6 Å². The maximum absolute atomic E-state index is 12.9. The van der Waals surface area contributed by atoms with Gasteiger partial charge in [-0.1, -0.05) is 38.1 Å². The van der Waals surface area contributed by atoms with E-state index in [-0.39, 0.29) is 11.8 Å². The summed E-state index contributed by atoms with van der Waals surface area (Å²) < 4.78 is 13.5. The third-order valence-electron chi connectivity index (χ3n) is 6.69. The zero-order chi connectivity index (χ0) is 24.4. The van der Waals surface area contributed by atoms with E-state index < -0.39 is 0 Å². The molecular formula is C29H31N3O3. The van der Waals surface area contributed by atoms with Crippen LogP contribution >= 0.6 is 0 Å². The zero-order valence-electron chi connectivity index (χ0n) is 20.5. The highest BCUT2D eigenvalue weighted by molar-refractivity contribution is 5.96. The highest BCUT2D eigenvalue weighted by atomic mass is 16.5. The molecule has 2 heterocycles. The van der Waals surface area contributed by atoms with Crippen LogP contribution in [0.5, 0.6) is 11.5 Å². The van der Waals surface area contributed by atoms with Crippen LogP contribution in [0.15, 0.2) is 72.8 Å². The molecule has 0 spiro atoms. The van der Waals surface area contributed by atoms with E-state index >= 15 is 0 Å². The lowest BCUT2D eigenvalue weighted by atomic mass is 10.0. The fourth-order valence-corrected chi connectivity index (χ4v) is 4.74. The first kappa shape index (κ1) is 23.0. The lowest BCUT2D eigenvalue weighted by Gasteiger charge is -2.18. The topological polar surface area (TPSA) is 56.6 Å². The molecule has 1 unspecified atom stereocenters. The predicted octanol–water partition coefficient (Wildman–Crippen LogP) is 5.77. The van der Waals surface area contributed by atoms with Crippen molar-refractivity contribution in [2.75, 3.05) is 25.2 Å². The van der Waals surface area contributed by atoms with Crippen molar-refractivity contribution < 1.29 is 14.3 Å². The average Bonchev–Trinajstić information content (AvgIpc) is 3.45. The summed E-state index contributed by atoms with van der Waals surface area (Å²) in [5.41, 5.74) is 4.19. The molecule has 5 rings (SSSR count). The molecule has 0 bridgehead atoms. The quantitative estimate of drug-likeness (QED) is 0.329. The number of carbonyl (C=O) groups is 1. The number of amides is 1. The number of hydrogen-bond acceptors (Lipinski definition) is 4. The minimum Gasteiger partial charge on any atom is -0.497 e. The molecule has 6 heteroatoms. The van der Waals surface area contributed by atoms with Gasteiger partial charge in [0.05, 0.1) is 24.7 Å². The van der Waals surface area contributed by atoms with E-state index in [1.54, 1.807) is 7.11 Å². The number of imidazole rings is 1. The van der Waals surface area contributed by atoms with E-state index in [4.69, 9.17) is 14.5 Å². The number of ether oxygens (including phenoxy) is 2. The number of benzene rings is 3. The number of rotatable bonds is 8. The molecule has 180 valence electrons. The van der Waals surface area contributed by atoms with E-state index in [9.17, 15) is 4.79 Å². The van der Waals surface area contributed by atoms with Crippen molar-refractivity contribution in [3.05, 3.63) is 84.2 Å². The van der Waals surface area contributed by atoms with E-state index in [1.165, 1.54) is 5.56 Å². The summed E-state index contributed by atoms with van der Waals surface area (Å²) in [5.74, 6) is 3.20. The fourth-order valence-electron chi connectivity index (χ4n) is 4.74. The number of aromatic nitrogens is 2. The first-order valence-corrected chi connectivity index (χ1v) is 12.2. The number of carbonyl (C=O) groups excluding carboxylic acids is 1. The highest BCUT2D eigenvalue weighted by Crippen LogP contribution is 2.34. The van der Waals surface area contributed by atoms with Crippen LogP contribution in [0.2, 0.25) is 0 Å². The summed E-state index contributed by atoms with van der Waals surface area (Å²) in [6.45, 7) is 6.16. The Balaban J connectivity index is 1.35. The normalized spacial score (nSPS) is 15.8. The van der Waals surface area contributed by atoms with Gasteiger partial charge in [0.1, 0.15) is 23.9 Å². The summed E-state index contributed by atoms with van der Waals surface area (Å²) >= 11 is 0. The zero-order valence-corrected chi connectivity index (χ0v) is 20.5. The molecule has 6 nitrogen and oxygen atoms in total. The fraction of sp³-hybridized carbons (Fsp3) is 0.310. The van der Waals surface area contributed by atoms with E-state index in [0.717, 1.165) is 34.0 Å². The lowest BCUT2D eigenvalue weighted by molar-refractivity contribution is -0.117. The Bertz CT molecular complexity index is 1310. The molecule has 4 aromatic rings. The smallest absolute Gasteiger partial charge is 0.227 e. The second-order valence-electron chi connectivity index (χ2n) is 9.29. The molecule has 1 amide bonds. The first-order chi connectivity index (χ1) is 17.0. The molecule has 1 aromatic heterocycles. The van der Waals surface area contributed by atoms with Crippen LogP contribution < -0.4 is 14.4 Å². The number of nitrogens with zero attached hydrogens (tertiary/aromatic N) is 3. The van der Waals surface area contributed by atoms with Crippen LogP contribution in [-0.4, -0.2) is 35.7 Å². The van der Waals surface area contributed by atoms with Gasteiger partial charge in [-0.2, -0.15) is 0 Å². The predicted molar refractivity (Wildman–Crippen MR) is 138 cm³/mol. The van der Waals surface area contributed by atoms with Gasteiger partial charge in [0.2, 0.25) is 5.91 Å². The van der Waals surface area contributed by atoms with Crippen LogP contribution in [0.4, 0.5) is 5.69 Å². The Morgan fingerprint density at radius 1 is 0.971 bits per heavy atom. The minimum absolute atomic E-state index is 0.0160. The maximum atomic E-state index is 12.9. The number of fused-ring (bicyclic) bond motifs is 1. The number of anilines is 1. The van der Waals surface area contributed by atoms with Gasteiger partial charge >= 0.3 is 0 Å². The Hall–Kier alpha value is -3.80. The molecule has 0 N–H and O–H groups in total. The molecule has 1 aliphatic rings. The van der Waals surface area contributed by atoms with Crippen molar-refractivity contribution >= 4 is 22.6 Å². The largest absolute Gasteiger partial charge is 0.497 e. The highest BCUT2D eigenvalue weighted by Gasteiger charge is 2.34. The van der Waals surface area contributed by atoms with Gasteiger partial charge < -0.3 is 18.9 Å². The van der Waals surface area contributed by atoms with Crippen LogP contribution in [0.3, 0.4) is 0 Å². The van der Waals surface area contributed by atoms with Crippen molar-refractivity contribution in [2.24, 2.45) is 0 Å².